The zero-order valence-electron chi connectivity index (χ0n) is 10.2. The molecule has 1 rings (SSSR count). The Morgan fingerprint density at radius 1 is 1.62 bits per heavy atom. The van der Waals surface area contributed by atoms with Gasteiger partial charge in [-0.1, -0.05) is 6.92 Å². The molecule has 1 heterocycles. The van der Waals surface area contributed by atoms with Gasteiger partial charge in [0.05, 0.1) is 29.5 Å². The Bertz CT molecular complexity index is 314. The van der Waals surface area contributed by atoms with E-state index in [0.29, 0.717) is 12.5 Å². The normalized spacial score (nSPS) is 13.0. The third kappa shape index (κ3) is 3.57. The summed E-state index contributed by atoms with van der Waals surface area (Å²) in [7, 11) is 3.69. The van der Waals surface area contributed by atoms with Crippen LogP contribution in [0.4, 0.5) is 0 Å². The SMILES string of the molecule is CNCCC(C)c1c(Br)cnn1CCOC. The number of rotatable bonds is 7. The molecular weight excluding hydrogens is 270 g/mol. The summed E-state index contributed by atoms with van der Waals surface area (Å²) in [5.74, 6) is 0.487. The van der Waals surface area contributed by atoms with Gasteiger partial charge in [-0.25, -0.2) is 0 Å². The Balaban J connectivity index is 2.71. The maximum absolute atomic E-state index is 5.08. The lowest BCUT2D eigenvalue weighted by molar-refractivity contribution is 0.182. The molecule has 0 aliphatic heterocycles. The number of aromatic nitrogens is 2. The number of ether oxygens (including phenoxy) is 1. The summed E-state index contributed by atoms with van der Waals surface area (Å²) in [5.41, 5.74) is 1.26. The van der Waals surface area contributed by atoms with Crippen molar-refractivity contribution < 1.29 is 4.74 Å². The van der Waals surface area contributed by atoms with E-state index in [1.54, 1.807) is 7.11 Å². The summed E-state index contributed by atoms with van der Waals surface area (Å²) in [6.45, 7) is 4.74. The summed E-state index contributed by atoms with van der Waals surface area (Å²) in [4.78, 5) is 0. The van der Waals surface area contributed by atoms with Crippen LogP contribution < -0.4 is 5.32 Å². The van der Waals surface area contributed by atoms with E-state index in [0.717, 1.165) is 24.0 Å². The van der Waals surface area contributed by atoms with Crippen molar-refractivity contribution in [1.29, 1.82) is 0 Å². The van der Waals surface area contributed by atoms with Crippen molar-refractivity contribution in [1.82, 2.24) is 15.1 Å². The topological polar surface area (TPSA) is 39.1 Å². The molecule has 5 heteroatoms. The van der Waals surface area contributed by atoms with E-state index in [4.69, 9.17) is 4.74 Å². The van der Waals surface area contributed by atoms with Gasteiger partial charge in [0.1, 0.15) is 0 Å². The standard InChI is InChI=1S/C11H20BrN3O/c1-9(4-5-13-2)11-10(12)8-14-15(11)6-7-16-3/h8-9,13H,4-7H2,1-3H3. The summed E-state index contributed by atoms with van der Waals surface area (Å²) in [5, 5.41) is 7.52. The van der Waals surface area contributed by atoms with Gasteiger partial charge in [0.25, 0.3) is 0 Å². The van der Waals surface area contributed by atoms with Crippen LogP contribution in [0.15, 0.2) is 10.7 Å². The van der Waals surface area contributed by atoms with E-state index in [-0.39, 0.29) is 0 Å². The number of hydrogen-bond acceptors (Lipinski definition) is 3. The first-order valence-electron chi connectivity index (χ1n) is 5.55. The van der Waals surface area contributed by atoms with Gasteiger partial charge in [-0.2, -0.15) is 5.10 Å². The van der Waals surface area contributed by atoms with Gasteiger partial charge in [-0.3, -0.25) is 4.68 Å². The highest BCUT2D eigenvalue weighted by molar-refractivity contribution is 9.10. The largest absolute Gasteiger partial charge is 0.383 e. The van der Waals surface area contributed by atoms with Gasteiger partial charge >= 0.3 is 0 Å². The second kappa shape index (κ2) is 7.04. The van der Waals surface area contributed by atoms with Crippen LogP contribution >= 0.6 is 15.9 Å². The Morgan fingerprint density at radius 3 is 3.00 bits per heavy atom. The van der Waals surface area contributed by atoms with Crippen LogP contribution in [0.1, 0.15) is 25.0 Å². The molecule has 0 saturated heterocycles. The fourth-order valence-electron chi connectivity index (χ4n) is 1.72. The molecule has 16 heavy (non-hydrogen) atoms. The van der Waals surface area contributed by atoms with E-state index in [1.165, 1.54) is 5.69 Å². The molecule has 0 saturated carbocycles. The van der Waals surface area contributed by atoms with Gasteiger partial charge < -0.3 is 10.1 Å². The molecule has 1 unspecified atom stereocenters. The molecule has 1 aromatic rings. The first-order chi connectivity index (χ1) is 7.70. The van der Waals surface area contributed by atoms with E-state index >= 15 is 0 Å². The van der Waals surface area contributed by atoms with E-state index in [1.807, 2.05) is 17.9 Å². The molecule has 92 valence electrons. The van der Waals surface area contributed by atoms with Crippen molar-refractivity contribution in [3.8, 4) is 0 Å². The van der Waals surface area contributed by atoms with E-state index in [9.17, 15) is 0 Å². The zero-order chi connectivity index (χ0) is 12.0. The number of hydrogen-bond donors (Lipinski definition) is 1. The molecule has 0 radical (unpaired) electrons. The van der Waals surface area contributed by atoms with Crippen molar-refractivity contribution in [3.63, 3.8) is 0 Å². The van der Waals surface area contributed by atoms with Crippen molar-refractivity contribution in [2.45, 2.75) is 25.8 Å². The maximum Gasteiger partial charge on any atom is 0.0658 e. The predicted molar refractivity (Wildman–Crippen MR) is 68.8 cm³/mol. The molecule has 0 aromatic carbocycles. The van der Waals surface area contributed by atoms with Gasteiger partial charge in [0, 0.05) is 13.0 Å². The molecule has 1 N–H and O–H groups in total. The van der Waals surface area contributed by atoms with Crippen molar-refractivity contribution in [3.05, 3.63) is 16.4 Å². The summed E-state index contributed by atoms with van der Waals surface area (Å²) < 4.78 is 8.19. The predicted octanol–water partition coefficient (Wildman–Crippen LogP) is 2.00. The fraction of sp³-hybridized carbons (Fsp3) is 0.727. The average molecular weight is 290 g/mol. The molecule has 4 nitrogen and oxygen atoms in total. The minimum atomic E-state index is 0.487. The quantitative estimate of drug-likeness (QED) is 0.835. The molecule has 1 atom stereocenters. The highest BCUT2D eigenvalue weighted by atomic mass is 79.9. The lowest BCUT2D eigenvalue weighted by Crippen LogP contribution is -2.15. The van der Waals surface area contributed by atoms with Crippen LogP contribution in [0.3, 0.4) is 0 Å². The fourth-order valence-corrected chi connectivity index (χ4v) is 2.40. The summed E-state index contributed by atoms with van der Waals surface area (Å²) in [6, 6.07) is 0. The zero-order valence-corrected chi connectivity index (χ0v) is 11.7. The smallest absolute Gasteiger partial charge is 0.0658 e. The minimum Gasteiger partial charge on any atom is -0.383 e. The minimum absolute atomic E-state index is 0.487. The van der Waals surface area contributed by atoms with E-state index in [2.05, 4.69) is 33.3 Å². The first kappa shape index (κ1) is 13.7. The monoisotopic (exact) mass is 289 g/mol. The third-order valence-electron chi connectivity index (χ3n) is 2.63. The molecule has 0 amide bonds. The van der Waals surface area contributed by atoms with Crippen molar-refractivity contribution >= 4 is 15.9 Å². The number of nitrogens with zero attached hydrogens (tertiary/aromatic N) is 2. The number of nitrogens with one attached hydrogen (secondary N) is 1. The summed E-state index contributed by atoms with van der Waals surface area (Å²) in [6.07, 6.45) is 2.97. The molecule has 0 aliphatic rings. The first-order valence-corrected chi connectivity index (χ1v) is 6.34. The van der Waals surface area contributed by atoms with Crippen LogP contribution in [-0.2, 0) is 11.3 Å². The highest BCUT2D eigenvalue weighted by Crippen LogP contribution is 2.26. The average Bonchev–Trinajstić information content (AvgIpc) is 2.64. The van der Waals surface area contributed by atoms with Gasteiger partial charge in [0.15, 0.2) is 0 Å². The lowest BCUT2D eigenvalue weighted by atomic mass is 10.0. The Kier molecular flexibility index (Phi) is 6.01. The van der Waals surface area contributed by atoms with Gasteiger partial charge in [-0.05, 0) is 35.9 Å². The molecule has 0 fully saturated rings. The molecule has 1 aromatic heterocycles. The van der Waals surface area contributed by atoms with E-state index < -0.39 is 0 Å². The molecule has 0 aliphatic carbocycles. The molecular formula is C11H20BrN3O. The Morgan fingerprint density at radius 2 is 2.38 bits per heavy atom. The number of methoxy groups -OCH3 is 1. The third-order valence-corrected chi connectivity index (χ3v) is 3.25. The Hall–Kier alpha value is -0.390. The van der Waals surface area contributed by atoms with Crippen LogP contribution in [0.25, 0.3) is 0 Å². The van der Waals surface area contributed by atoms with Crippen LogP contribution in [-0.4, -0.2) is 37.1 Å². The van der Waals surface area contributed by atoms with Gasteiger partial charge in [0.2, 0.25) is 0 Å². The van der Waals surface area contributed by atoms with Crippen molar-refractivity contribution in [2.75, 3.05) is 27.3 Å². The Labute approximate surface area is 105 Å². The van der Waals surface area contributed by atoms with Crippen molar-refractivity contribution in [2.24, 2.45) is 0 Å². The lowest BCUT2D eigenvalue weighted by Gasteiger charge is -2.14. The summed E-state index contributed by atoms with van der Waals surface area (Å²) >= 11 is 3.56. The highest BCUT2D eigenvalue weighted by Gasteiger charge is 2.15. The second-order valence-corrected chi connectivity index (χ2v) is 4.74. The maximum atomic E-state index is 5.08. The van der Waals surface area contributed by atoms with Crippen LogP contribution in [0.2, 0.25) is 0 Å². The van der Waals surface area contributed by atoms with Crippen LogP contribution in [0, 0.1) is 0 Å². The van der Waals surface area contributed by atoms with Gasteiger partial charge in [-0.15, -0.1) is 0 Å². The number of halogens is 1. The molecule has 0 spiro atoms. The molecule has 0 bridgehead atoms. The van der Waals surface area contributed by atoms with Crippen LogP contribution in [0.5, 0.6) is 0 Å². The second-order valence-electron chi connectivity index (χ2n) is 3.89.